The molecule has 2 aromatic carbocycles. The average Bonchev–Trinajstić information content (AvgIpc) is 2.67. The zero-order valence-corrected chi connectivity index (χ0v) is 15.2. The van der Waals surface area contributed by atoms with Gasteiger partial charge in [0.1, 0.15) is 5.75 Å². The van der Waals surface area contributed by atoms with Gasteiger partial charge in [0, 0.05) is 5.56 Å². The van der Waals surface area contributed by atoms with E-state index in [0.717, 1.165) is 0 Å². The molecule has 6 nitrogen and oxygen atoms in total. The number of anilines is 1. The van der Waals surface area contributed by atoms with Gasteiger partial charge >= 0.3 is 17.8 Å². The maximum absolute atomic E-state index is 14.1. The quantitative estimate of drug-likeness (QED) is 0.555. The Morgan fingerprint density at radius 3 is 2.18 bits per heavy atom. The highest BCUT2D eigenvalue weighted by atomic mass is 19.4. The van der Waals surface area contributed by atoms with Crippen LogP contribution in [0.3, 0.4) is 0 Å². The van der Waals surface area contributed by atoms with Gasteiger partial charge in [0.15, 0.2) is 0 Å². The Bertz CT molecular complexity index is 827. The Kier molecular flexibility index (Phi) is 6.50. The molecule has 0 radical (unpaired) electrons. The van der Waals surface area contributed by atoms with Crippen LogP contribution in [0.5, 0.6) is 5.75 Å². The molecule has 1 amide bonds. The Morgan fingerprint density at radius 1 is 1.00 bits per heavy atom. The summed E-state index contributed by atoms with van der Waals surface area (Å²) < 4.78 is 52.1. The highest BCUT2D eigenvalue weighted by molar-refractivity contribution is 5.99. The predicted octanol–water partition coefficient (Wildman–Crippen LogP) is 3.36. The molecule has 0 saturated carbocycles. The van der Waals surface area contributed by atoms with Crippen LogP contribution in [0.1, 0.15) is 17.3 Å². The van der Waals surface area contributed by atoms with Crippen LogP contribution in [0, 0.1) is 0 Å². The fourth-order valence-electron chi connectivity index (χ4n) is 2.41. The van der Waals surface area contributed by atoms with Crippen molar-refractivity contribution < 1.29 is 32.2 Å². The number of methoxy groups -OCH3 is 1. The van der Waals surface area contributed by atoms with E-state index < -0.39 is 23.7 Å². The van der Waals surface area contributed by atoms with Crippen LogP contribution < -0.4 is 15.4 Å². The van der Waals surface area contributed by atoms with Gasteiger partial charge in [0.05, 0.1) is 19.4 Å². The van der Waals surface area contributed by atoms with Gasteiger partial charge in [-0.15, -0.1) is 0 Å². The molecule has 28 heavy (non-hydrogen) atoms. The number of alkyl halides is 3. The summed E-state index contributed by atoms with van der Waals surface area (Å²) in [6, 6.07) is 12.9. The summed E-state index contributed by atoms with van der Waals surface area (Å²) in [5.41, 5.74) is -3.73. The third-order valence-electron chi connectivity index (χ3n) is 3.77. The highest BCUT2D eigenvalue weighted by Crippen LogP contribution is 2.36. The maximum Gasteiger partial charge on any atom is 0.441 e. The van der Waals surface area contributed by atoms with Gasteiger partial charge in [-0.1, -0.05) is 30.3 Å². The number of carbonyl (C=O) groups excluding carboxylic acids is 2. The number of hydrogen-bond donors (Lipinski definition) is 2. The van der Waals surface area contributed by atoms with Crippen molar-refractivity contribution in [1.82, 2.24) is 5.32 Å². The first-order valence-corrected chi connectivity index (χ1v) is 8.28. The normalized spacial score (nSPS) is 13.2. The second-order valence-corrected chi connectivity index (χ2v) is 5.61. The molecule has 2 rings (SSSR count). The lowest BCUT2D eigenvalue weighted by Gasteiger charge is -2.35. The van der Waals surface area contributed by atoms with Crippen molar-refractivity contribution in [3.05, 3.63) is 60.2 Å². The number of ether oxygens (including phenoxy) is 2. The van der Waals surface area contributed by atoms with Crippen molar-refractivity contribution in [2.24, 2.45) is 0 Å². The van der Waals surface area contributed by atoms with E-state index >= 15 is 0 Å². The summed E-state index contributed by atoms with van der Waals surface area (Å²) in [6.45, 7) is 1.05. The molecule has 2 N–H and O–H groups in total. The summed E-state index contributed by atoms with van der Waals surface area (Å²) in [4.78, 5) is 24.9. The second-order valence-electron chi connectivity index (χ2n) is 5.61. The Balaban J connectivity index is 2.54. The molecule has 1 atom stereocenters. The van der Waals surface area contributed by atoms with Crippen LogP contribution in [0.4, 0.5) is 18.9 Å². The van der Waals surface area contributed by atoms with Crippen LogP contribution in [0.25, 0.3) is 0 Å². The van der Waals surface area contributed by atoms with Crippen molar-refractivity contribution in [3.63, 3.8) is 0 Å². The van der Waals surface area contributed by atoms with Crippen molar-refractivity contribution >= 4 is 17.6 Å². The summed E-state index contributed by atoms with van der Waals surface area (Å²) in [5.74, 6) is -2.75. The van der Waals surface area contributed by atoms with E-state index in [-0.39, 0.29) is 23.6 Å². The molecule has 0 fully saturated rings. The van der Waals surface area contributed by atoms with Gasteiger partial charge < -0.3 is 20.1 Å². The average molecular weight is 396 g/mol. The van der Waals surface area contributed by atoms with Crippen molar-refractivity contribution in [2.45, 2.75) is 18.8 Å². The lowest BCUT2D eigenvalue weighted by atomic mass is 10.1. The summed E-state index contributed by atoms with van der Waals surface area (Å²) in [7, 11) is 1.27. The Labute approximate surface area is 159 Å². The molecule has 0 heterocycles. The first-order valence-electron chi connectivity index (χ1n) is 8.28. The van der Waals surface area contributed by atoms with Gasteiger partial charge in [-0.25, -0.2) is 4.79 Å². The van der Waals surface area contributed by atoms with Crippen LogP contribution in [0.15, 0.2) is 54.6 Å². The van der Waals surface area contributed by atoms with Gasteiger partial charge in [-0.05, 0) is 31.2 Å². The summed E-state index contributed by atoms with van der Waals surface area (Å²) in [5, 5.41) is 3.85. The summed E-state index contributed by atoms with van der Waals surface area (Å²) >= 11 is 0. The minimum atomic E-state index is -5.23. The number of esters is 1. The molecule has 0 bridgehead atoms. The molecule has 0 aliphatic heterocycles. The molecule has 9 heteroatoms. The molecule has 0 aliphatic rings. The van der Waals surface area contributed by atoms with Crippen molar-refractivity contribution in [1.29, 1.82) is 0 Å². The largest absolute Gasteiger partial charge is 0.495 e. The fourth-order valence-corrected chi connectivity index (χ4v) is 2.41. The van der Waals surface area contributed by atoms with E-state index in [2.05, 4.69) is 10.1 Å². The molecule has 0 aliphatic carbocycles. The first-order chi connectivity index (χ1) is 13.2. The van der Waals surface area contributed by atoms with Crippen LogP contribution >= 0.6 is 0 Å². The standard InChI is InChI=1S/C19H19F3N2O4/c1-3-28-17(26)18(19(20,21)22,23-14-11-7-8-12-15(14)27-2)24-16(25)13-9-5-4-6-10-13/h4-12,23H,3H2,1-2H3,(H,24,25)/t18-/m1/s1. The van der Waals surface area contributed by atoms with Crippen LogP contribution in [-0.4, -0.2) is 37.4 Å². The molecule has 0 spiro atoms. The molecule has 0 unspecified atom stereocenters. The van der Waals surface area contributed by atoms with Crippen molar-refractivity contribution in [2.75, 3.05) is 19.0 Å². The van der Waals surface area contributed by atoms with E-state index in [9.17, 15) is 22.8 Å². The fraction of sp³-hybridized carbons (Fsp3) is 0.263. The smallest absolute Gasteiger partial charge is 0.441 e. The van der Waals surface area contributed by atoms with Crippen molar-refractivity contribution in [3.8, 4) is 5.75 Å². The number of rotatable bonds is 7. The van der Waals surface area contributed by atoms with Crippen LogP contribution in [0.2, 0.25) is 0 Å². The van der Waals surface area contributed by atoms with Crippen LogP contribution in [-0.2, 0) is 9.53 Å². The lowest BCUT2D eigenvalue weighted by molar-refractivity contribution is -0.204. The van der Waals surface area contributed by atoms with Gasteiger partial charge in [-0.3, -0.25) is 4.79 Å². The number of amides is 1. The van der Waals surface area contributed by atoms with E-state index in [4.69, 9.17) is 4.74 Å². The number of para-hydroxylation sites is 2. The van der Waals surface area contributed by atoms with E-state index in [1.165, 1.54) is 56.5 Å². The van der Waals surface area contributed by atoms with E-state index in [1.54, 1.807) is 17.4 Å². The number of benzene rings is 2. The first kappa shape index (κ1) is 21.1. The number of carbonyl (C=O) groups is 2. The third-order valence-corrected chi connectivity index (χ3v) is 3.77. The highest BCUT2D eigenvalue weighted by Gasteiger charge is 2.64. The van der Waals surface area contributed by atoms with Gasteiger partial charge in [0.2, 0.25) is 0 Å². The predicted molar refractivity (Wildman–Crippen MR) is 95.9 cm³/mol. The zero-order chi connectivity index (χ0) is 20.8. The maximum atomic E-state index is 14.1. The topological polar surface area (TPSA) is 76.7 Å². The molecular weight excluding hydrogens is 377 g/mol. The second kappa shape index (κ2) is 8.64. The molecule has 150 valence electrons. The summed E-state index contributed by atoms with van der Waals surface area (Å²) in [6.07, 6.45) is -5.23. The molecule has 2 aromatic rings. The molecular formula is C19H19F3N2O4. The number of halogens is 3. The molecule has 0 aromatic heterocycles. The lowest BCUT2D eigenvalue weighted by Crippen LogP contribution is -2.69. The Morgan fingerprint density at radius 2 is 1.61 bits per heavy atom. The number of hydrogen-bond acceptors (Lipinski definition) is 5. The third kappa shape index (κ3) is 4.36. The van der Waals surface area contributed by atoms with E-state index in [0.29, 0.717) is 0 Å². The van der Waals surface area contributed by atoms with Gasteiger partial charge in [-0.2, -0.15) is 13.2 Å². The zero-order valence-electron chi connectivity index (χ0n) is 15.2. The minimum Gasteiger partial charge on any atom is -0.495 e. The van der Waals surface area contributed by atoms with Gasteiger partial charge in [0.25, 0.3) is 5.91 Å². The monoisotopic (exact) mass is 396 g/mol. The Hall–Kier alpha value is -3.23. The molecule has 0 saturated heterocycles. The SMILES string of the molecule is CCOC(=O)[C@](NC(=O)c1ccccc1)(Nc1ccccc1OC)C(F)(F)F. The number of nitrogens with one attached hydrogen (secondary N) is 2. The minimum absolute atomic E-state index is 0.0504. The van der Waals surface area contributed by atoms with E-state index in [1.807, 2.05) is 0 Å².